The first-order chi connectivity index (χ1) is 8.32. The highest BCUT2D eigenvalue weighted by Gasteiger charge is 2.26. The molecular weight excluding hydrogens is 236 g/mol. The fourth-order valence-electron chi connectivity index (χ4n) is 1.33. The molecule has 2 rings (SSSR count). The second-order valence-electron chi connectivity index (χ2n) is 4.09. The van der Waals surface area contributed by atoms with Gasteiger partial charge in [-0.25, -0.2) is 0 Å². The van der Waals surface area contributed by atoms with Crippen LogP contribution in [0.2, 0.25) is 0 Å². The average molecular weight is 250 g/mol. The highest BCUT2D eigenvalue weighted by Crippen LogP contribution is 2.11. The van der Waals surface area contributed by atoms with Crippen LogP contribution in [0.15, 0.2) is 24.3 Å². The van der Waals surface area contributed by atoms with Crippen molar-refractivity contribution in [2.45, 2.75) is 19.8 Å². The fourth-order valence-corrected chi connectivity index (χ4v) is 1.33. The van der Waals surface area contributed by atoms with Gasteiger partial charge in [0.05, 0.1) is 0 Å². The van der Waals surface area contributed by atoms with Gasteiger partial charge in [0, 0.05) is 23.5 Å². The van der Waals surface area contributed by atoms with Gasteiger partial charge in [-0.05, 0) is 6.42 Å². The predicted octanol–water partition coefficient (Wildman–Crippen LogP) is -0.186. The third kappa shape index (κ3) is 3.13. The number of imide groups is 2. The molecule has 18 heavy (non-hydrogen) atoms. The van der Waals surface area contributed by atoms with Gasteiger partial charge in [-0.2, -0.15) is 0 Å². The molecule has 4 amide bonds. The van der Waals surface area contributed by atoms with Gasteiger partial charge in [-0.15, -0.1) is 0 Å². The minimum atomic E-state index is -0.440. The Morgan fingerprint density at radius 3 is 1.78 bits per heavy atom. The number of carbonyl (C=O) groups is 4. The number of hydrogen-bond donors (Lipinski definition) is 2. The molecule has 2 fully saturated rings. The molecule has 6 heteroatoms. The lowest BCUT2D eigenvalue weighted by Gasteiger charge is -2.15. The summed E-state index contributed by atoms with van der Waals surface area (Å²) in [6.45, 7) is 8.49. The highest BCUT2D eigenvalue weighted by atomic mass is 16.2. The third-order valence-electron chi connectivity index (χ3n) is 2.65. The molecule has 2 aliphatic rings. The fraction of sp³-hybridized carbons (Fsp3) is 0.333. The minimum Gasteiger partial charge on any atom is -0.296 e. The summed E-state index contributed by atoms with van der Waals surface area (Å²) in [4.78, 5) is 42.2. The van der Waals surface area contributed by atoms with Crippen LogP contribution < -0.4 is 10.6 Å². The molecule has 2 N–H and O–H groups in total. The molecule has 0 spiro atoms. The van der Waals surface area contributed by atoms with E-state index in [0.717, 1.165) is 0 Å². The largest absolute Gasteiger partial charge is 0.296 e. The van der Waals surface area contributed by atoms with Gasteiger partial charge in [-0.3, -0.25) is 29.8 Å². The molecule has 0 aromatic heterocycles. The molecule has 0 bridgehead atoms. The predicted molar refractivity (Wildman–Crippen MR) is 63.0 cm³/mol. The van der Waals surface area contributed by atoms with E-state index in [2.05, 4.69) is 18.5 Å². The van der Waals surface area contributed by atoms with E-state index in [1.54, 1.807) is 0 Å². The Labute approximate surface area is 104 Å². The van der Waals surface area contributed by atoms with Crippen LogP contribution in [0.25, 0.3) is 0 Å². The van der Waals surface area contributed by atoms with Gasteiger partial charge < -0.3 is 0 Å². The van der Waals surface area contributed by atoms with Crippen LogP contribution >= 0.6 is 0 Å². The second kappa shape index (κ2) is 5.39. The summed E-state index contributed by atoms with van der Waals surface area (Å²) in [7, 11) is 0. The summed E-state index contributed by atoms with van der Waals surface area (Å²) < 4.78 is 0. The highest BCUT2D eigenvalue weighted by molar-refractivity contribution is 6.23. The molecule has 6 nitrogen and oxygen atoms in total. The maximum Gasteiger partial charge on any atom is 0.258 e. The smallest absolute Gasteiger partial charge is 0.258 e. The second-order valence-corrected chi connectivity index (χ2v) is 4.09. The molecule has 1 unspecified atom stereocenters. The van der Waals surface area contributed by atoms with Crippen molar-refractivity contribution in [3.05, 3.63) is 24.3 Å². The standard InChI is InChI=1S/C6H9NO2.C6H5NO2/c1-4-2-3-5(8)7-6(4)9;1-3-4(2)6(9)7-5(3)8/h4H,2-3H2,1H3,(H,7,8,9);1-2H2,(H,7,8,9). The van der Waals surface area contributed by atoms with Crippen molar-refractivity contribution in [3.63, 3.8) is 0 Å². The molecule has 0 aliphatic carbocycles. The molecule has 0 radical (unpaired) electrons. The van der Waals surface area contributed by atoms with Crippen molar-refractivity contribution in [1.82, 2.24) is 10.6 Å². The summed E-state index contributed by atoms with van der Waals surface area (Å²) in [5, 5.41) is 4.29. The van der Waals surface area contributed by atoms with E-state index in [-0.39, 0.29) is 28.9 Å². The Bertz CT molecular complexity index is 441. The molecule has 0 saturated carbocycles. The Hall–Kier alpha value is -2.24. The molecule has 2 saturated heterocycles. The summed E-state index contributed by atoms with van der Waals surface area (Å²) in [6, 6.07) is 0. The summed E-state index contributed by atoms with van der Waals surface area (Å²) >= 11 is 0. The van der Waals surface area contributed by atoms with Crippen LogP contribution in [0.4, 0.5) is 0 Å². The number of rotatable bonds is 0. The maximum atomic E-state index is 10.7. The summed E-state index contributed by atoms with van der Waals surface area (Å²) in [5.74, 6) is -1.14. The van der Waals surface area contributed by atoms with E-state index in [9.17, 15) is 19.2 Å². The third-order valence-corrected chi connectivity index (χ3v) is 2.65. The van der Waals surface area contributed by atoms with E-state index in [0.29, 0.717) is 12.8 Å². The van der Waals surface area contributed by atoms with Gasteiger partial charge in [0.15, 0.2) is 0 Å². The minimum absolute atomic E-state index is 0.0164. The van der Waals surface area contributed by atoms with Crippen molar-refractivity contribution < 1.29 is 19.2 Å². The van der Waals surface area contributed by atoms with Gasteiger partial charge >= 0.3 is 0 Å². The first-order valence-electron chi connectivity index (χ1n) is 5.40. The first kappa shape index (κ1) is 13.8. The molecule has 96 valence electrons. The van der Waals surface area contributed by atoms with E-state index in [1.165, 1.54) is 0 Å². The van der Waals surface area contributed by atoms with Gasteiger partial charge in [0.2, 0.25) is 11.8 Å². The van der Waals surface area contributed by atoms with Crippen molar-refractivity contribution in [1.29, 1.82) is 0 Å². The molecule has 2 heterocycles. The van der Waals surface area contributed by atoms with Crippen LogP contribution in [0.5, 0.6) is 0 Å². The van der Waals surface area contributed by atoms with Gasteiger partial charge in [-0.1, -0.05) is 20.1 Å². The molecule has 2 aliphatic heterocycles. The zero-order valence-corrected chi connectivity index (χ0v) is 10.0. The zero-order valence-electron chi connectivity index (χ0n) is 10.0. The molecule has 0 aromatic carbocycles. The quantitative estimate of drug-likeness (QED) is 0.460. The first-order valence-corrected chi connectivity index (χ1v) is 5.40. The zero-order chi connectivity index (χ0) is 13.9. The summed E-state index contributed by atoms with van der Waals surface area (Å²) in [5.41, 5.74) is 0.333. The van der Waals surface area contributed by atoms with Gasteiger partial charge in [0.1, 0.15) is 0 Å². The number of hydrogen-bond acceptors (Lipinski definition) is 4. The number of piperidine rings is 1. The number of amides is 4. The molecule has 1 atom stereocenters. The Morgan fingerprint density at radius 2 is 1.50 bits per heavy atom. The summed E-state index contributed by atoms with van der Waals surface area (Å²) in [6.07, 6.45) is 1.19. The van der Waals surface area contributed by atoms with E-state index in [1.807, 2.05) is 12.2 Å². The van der Waals surface area contributed by atoms with Crippen molar-refractivity contribution in [3.8, 4) is 0 Å². The van der Waals surface area contributed by atoms with Gasteiger partial charge in [0.25, 0.3) is 11.8 Å². The van der Waals surface area contributed by atoms with E-state index >= 15 is 0 Å². The lowest BCUT2D eigenvalue weighted by molar-refractivity contribution is -0.136. The monoisotopic (exact) mass is 250 g/mol. The Balaban J connectivity index is 0.000000180. The Kier molecular flexibility index (Phi) is 4.14. The Morgan fingerprint density at radius 1 is 1.00 bits per heavy atom. The lowest BCUT2D eigenvalue weighted by atomic mass is 10.0. The maximum absolute atomic E-state index is 10.7. The SMILES string of the molecule is C=C1C(=C)C(=O)NC1=O.CC1CCC(=O)NC1=O. The van der Waals surface area contributed by atoms with Crippen LogP contribution in [-0.2, 0) is 19.2 Å². The lowest BCUT2D eigenvalue weighted by Crippen LogP contribution is -2.39. The van der Waals surface area contributed by atoms with Crippen molar-refractivity contribution in [2.75, 3.05) is 0 Å². The molecule has 0 aromatic rings. The van der Waals surface area contributed by atoms with E-state index in [4.69, 9.17) is 0 Å². The van der Waals surface area contributed by atoms with Crippen LogP contribution in [0.1, 0.15) is 19.8 Å². The van der Waals surface area contributed by atoms with Crippen molar-refractivity contribution >= 4 is 23.6 Å². The average Bonchev–Trinajstić information content (AvgIpc) is 2.52. The van der Waals surface area contributed by atoms with Crippen molar-refractivity contribution in [2.24, 2.45) is 5.92 Å². The molecular formula is C12H14N2O4. The topological polar surface area (TPSA) is 92.3 Å². The number of carbonyl (C=O) groups excluding carboxylic acids is 4. The normalized spacial score (nSPS) is 23.3. The van der Waals surface area contributed by atoms with Crippen LogP contribution in [0.3, 0.4) is 0 Å². The number of nitrogens with one attached hydrogen (secondary N) is 2. The van der Waals surface area contributed by atoms with Crippen LogP contribution in [-0.4, -0.2) is 23.6 Å². The van der Waals surface area contributed by atoms with E-state index < -0.39 is 11.8 Å². The van der Waals surface area contributed by atoms with Crippen LogP contribution in [0, 0.1) is 5.92 Å².